The molecule has 1 saturated heterocycles. The fourth-order valence-electron chi connectivity index (χ4n) is 2.76. The van der Waals surface area contributed by atoms with Gasteiger partial charge < -0.3 is 10.5 Å². The van der Waals surface area contributed by atoms with Crippen molar-refractivity contribution in [2.75, 3.05) is 19.8 Å². The minimum absolute atomic E-state index is 0.0646. The molecule has 1 aromatic carbocycles. The van der Waals surface area contributed by atoms with Gasteiger partial charge in [0.2, 0.25) is 0 Å². The highest BCUT2D eigenvalue weighted by Crippen LogP contribution is 2.50. The molecular weight excluding hydrogens is 242 g/mol. The molecule has 0 radical (unpaired) electrons. The zero-order chi connectivity index (χ0) is 12.8. The van der Waals surface area contributed by atoms with Gasteiger partial charge in [-0.2, -0.15) is 0 Å². The highest BCUT2D eigenvalue weighted by Gasteiger charge is 2.52. The number of ether oxygens (including phenoxy) is 1. The maximum atomic E-state index is 6.00. The molecule has 2 aromatic rings. The maximum Gasteiger partial charge on any atom is 0.0591 e. The molecule has 3 rings (SSSR count). The van der Waals surface area contributed by atoms with E-state index in [4.69, 9.17) is 10.5 Å². The Labute approximate surface area is 112 Å². The van der Waals surface area contributed by atoms with E-state index in [1.807, 2.05) is 11.3 Å². The lowest BCUT2D eigenvalue weighted by Crippen LogP contribution is -2.59. The van der Waals surface area contributed by atoms with Crippen LogP contribution in [0.4, 0.5) is 0 Å². The van der Waals surface area contributed by atoms with E-state index in [0.717, 1.165) is 13.2 Å². The van der Waals surface area contributed by atoms with Crippen LogP contribution in [0.15, 0.2) is 29.6 Å². The summed E-state index contributed by atoms with van der Waals surface area (Å²) in [6.45, 7) is 6.76. The van der Waals surface area contributed by atoms with Crippen molar-refractivity contribution in [3.05, 3.63) is 35.2 Å². The van der Waals surface area contributed by atoms with Crippen LogP contribution in [0.3, 0.4) is 0 Å². The van der Waals surface area contributed by atoms with Gasteiger partial charge >= 0.3 is 0 Å². The minimum Gasteiger partial charge on any atom is -0.379 e. The lowest BCUT2D eigenvalue weighted by molar-refractivity contribution is -0.115. The molecule has 1 aliphatic heterocycles. The van der Waals surface area contributed by atoms with Gasteiger partial charge in [0.1, 0.15) is 0 Å². The van der Waals surface area contributed by atoms with E-state index >= 15 is 0 Å². The van der Waals surface area contributed by atoms with Gasteiger partial charge in [-0.3, -0.25) is 0 Å². The van der Waals surface area contributed by atoms with E-state index in [1.54, 1.807) is 0 Å². The molecule has 3 heteroatoms. The molecule has 0 bridgehead atoms. The van der Waals surface area contributed by atoms with Crippen LogP contribution in [-0.2, 0) is 10.2 Å². The summed E-state index contributed by atoms with van der Waals surface area (Å²) >= 11 is 1.82. The van der Waals surface area contributed by atoms with Gasteiger partial charge in [0, 0.05) is 10.1 Å². The molecule has 0 aliphatic carbocycles. The Kier molecular flexibility index (Phi) is 2.73. The summed E-state index contributed by atoms with van der Waals surface area (Å²) in [4.78, 5) is 0. The van der Waals surface area contributed by atoms with Gasteiger partial charge in [0.15, 0.2) is 0 Å². The van der Waals surface area contributed by atoms with Crippen molar-refractivity contribution in [1.29, 1.82) is 0 Å². The second-order valence-electron chi connectivity index (χ2n) is 5.81. The molecule has 2 N–H and O–H groups in total. The third-order valence-corrected chi connectivity index (χ3v) is 5.46. The normalized spacial score (nSPS) is 18.8. The maximum absolute atomic E-state index is 6.00. The van der Waals surface area contributed by atoms with E-state index in [-0.39, 0.29) is 10.8 Å². The van der Waals surface area contributed by atoms with Crippen molar-refractivity contribution in [2.24, 2.45) is 11.1 Å². The zero-order valence-corrected chi connectivity index (χ0v) is 11.7. The predicted octanol–water partition coefficient (Wildman–Crippen LogP) is 3.15. The standard InChI is InChI=1S/C15H19NOS/c1-14(2,8-16)15(9-17-10-15)12-7-18-13-6-4-3-5-11(12)13/h3-7H,8-10,16H2,1-2H3. The fraction of sp³-hybridized carbons (Fsp3) is 0.467. The lowest BCUT2D eigenvalue weighted by atomic mass is 9.60. The van der Waals surface area contributed by atoms with E-state index in [1.165, 1.54) is 15.6 Å². The first kappa shape index (κ1) is 12.2. The van der Waals surface area contributed by atoms with Crippen molar-refractivity contribution in [1.82, 2.24) is 0 Å². The molecule has 2 heterocycles. The van der Waals surface area contributed by atoms with Crippen LogP contribution in [0.5, 0.6) is 0 Å². The van der Waals surface area contributed by atoms with Crippen LogP contribution >= 0.6 is 11.3 Å². The van der Waals surface area contributed by atoms with Crippen molar-refractivity contribution in [3.63, 3.8) is 0 Å². The SMILES string of the molecule is CC(C)(CN)C1(c2csc3ccccc23)COC1. The van der Waals surface area contributed by atoms with Crippen LogP contribution in [0, 0.1) is 5.41 Å². The van der Waals surface area contributed by atoms with Gasteiger partial charge in [-0.25, -0.2) is 0 Å². The van der Waals surface area contributed by atoms with Crippen LogP contribution in [0.2, 0.25) is 0 Å². The van der Waals surface area contributed by atoms with Crippen molar-refractivity contribution >= 4 is 21.4 Å². The van der Waals surface area contributed by atoms with Gasteiger partial charge in [0.05, 0.1) is 13.2 Å². The second kappa shape index (κ2) is 4.05. The Morgan fingerprint density at radius 2 is 2.06 bits per heavy atom. The molecule has 96 valence electrons. The molecule has 1 aromatic heterocycles. The Morgan fingerprint density at radius 1 is 1.33 bits per heavy atom. The van der Waals surface area contributed by atoms with E-state index < -0.39 is 0 Å². The molecule has 0 unspecified atom stereocenters. The van der Waals surface area contributed by atoms with Crippen LogP contribution < -0.4 is 5.73 Å². The first-order chi connectivity index (χ1) is 8.61. The largest absolute Gasteiger partial charge is 0.379 e. The molecule has 1 fully saturated rings. The van der Waals surface area contributed by atoms with Gasteiger partial charge in [0.25, 0.3) is 0 Å². The topological polar surface area (TPSA) is 35.2 Å². The Balaban J connectivity index is 2.18. The minimum atomic E-state index is 0.0646. The van der Waals surface area contributed by atoms with Crippen molar-refractivity contribution < 1.29 is 4.74 Å². The predicted molar refractivity (Wildman–Crippen MR) is 77.2 cm³/mol. The average molecular weight is 261 g/mol. The molecule has 0 spiro atoms. The van der Waals surface area contributed by atoms with Crippen LogP contribution in [-0.4, -0.2) is 19.8 Å². The molecule has 1 aliphatic rings. The summed E-state index contributed by atoms with van der Waals surface area (Å²) in [5, 5.41) is 3.66. The quantitative estimate of drug-likeness (QED) is 0.921. The molecule has 2 nitrogen and oxygen atoms in total. The number of rotatable bonds is 3. The van der Waals surface area contributed by atoms with Crippen molar-refractivity contribution in [2.45, 2.75) is 19.3 Å². The number of thiophene rings is 1. The second-order valence-corrected chi connectivity index (χ2v) is 6.72. The summed E-state index contributed by atoms with van der Waals surface area (Å²) in [5.74, 6) is 0. The Bertz CT molecular complexity index is 569. The van der Waals surface area contributed by atoms with Crippen molar-refractivity contribution in [3.8, 4) is 0 Å². The number of nitrogens with two attached hydrogens (primary N) is 1. The summed E-state index contributed by atoms with van der Waals surface area (Å²) in [7, 11) is 0. The molecule has 0 atom stereocenters. The summed E-state index contributed by atoms with van der Waals surface area (Å²) in [6.07, 6.45) is 0. The van der Waals surface area contributed by atoms with Crippen LogP contribution in [0.25, 0.3) is 10.1 Å². The fourth-order valence-corrected chi connectivity index (χ4v) is 3.82. The van der Waals surface area contributed by atoms with Crippen LogP contribution in [0.1, 0.15) is 19.4 Å². The average Bonchev–Trinajstić information content (AvgIpc) is 2.72. The summed E-state index contributed by atoms with van der Waals surface area (Å²) in [5.41, 5.74) is 7.57. The number of hydrogen-bond acceptors (Lipinski definition) is 3. The number of hydrogen-bond donors (Lipinski definition) is 1. The number of benzene rings is 1. The molecular formula is C15H19NOS. The first-order valence-electron chi connectivity index (χ1n) is 6.35. The smallest absolute Gasteiger partial charge is 0.0591 e. The van der Waals surface area contributed by atoms with Gasteiger partial charge in [-0.05, 0) is 34.4 Å². The molecule has 0 saturated carbocycles. The molecule has 0 amide bonds. The Morgan fingerprint density at radius 3 is 2.67 bits per heavy atom. The summed E-state index contributed by atoms with van der Waals surface area (Å²) in [6, 6.07) is 8.61. The third-order valence-electron chi connectivity index (χ3n) is 4.50. The van der Waals surface area contributed by atoms with E-state index in [9.17, 15) is 0 Å². The highest BCUT2D eigenvalue weighted by atomic mass is 32.1. The lowest BCUT2D eigenvalue weighted by Gasteiger charge is -2.52. The monoisotopic (exact) mass is 261 g/mol. The van der Waals surface area contributed by atoms with Gasteiger partial charge in [-0.15, -0.1) is 11.3 Å². The molecule has 18 heavy (non-hydrogen) atoms. The van der Waals surface area contributed by atoms with E-state index in [0.29, 0.717) is 6.54 Å². The summed E-state index contributed by atoms with van der Waals surface area (Å²) < 4.78 is 6.90. The number of fused-ring (bicyclic) bond motifs is 1. The van der Waals surface area contributed by atoms with Gasteiger partial charge in [-0.1, -0.05) is 32.0 Å². The Hall–Kier alpha value is -0.900. The zero-order valence-electron chi connectivity index (χ0n) is 10.9. The first-order valence-corrected chi connectivity index (χ1v) is 7.23. The highest BCUT2D eigenvalue weighted by molar-refractivity contribution is 7.17. The third kappa shape index (κ3) is 1.48. The van der Waals surface area contributed by atoms with E-state index in [2.05, 4.69) is 43.5 Å².